The Morgan fingerprint density at radius 2 is 2.41 bits per heavy atom. The van der Waals surface area contributed by atoms with Gasteiger partial charge in [-0.3, -0.25) is 9.69 Å². The number of hydrogen-bond donors (Lipinski definition) is 1. The highest BCUT2D eigenvalue weighted by Gasteiger charge is 2.33. The van der Waals surface area contributed by atoms with E-state index in [0.29, 0.717) is 26.1 Å². The standard InChI is InChI=1S/C15H25FN4OS/c1-4-13(22-3)15(21)18-8-12-7-11(16)9-20(12)10-14-17-5-6-19(14)2/h5-6,11-13H,4,7-10H2,1-3H3,(H,18,21)/t11-,12-,13+/m0/s1. The Bertz CT molecular complexity index is 492. The molecule has 0 bridgehead atoms. The number of aryl methyl sites for hydroxylation is 1. The Balaban J connectivity index is 1.91. The van der Waals surface area contributed by atoms with Gasteiger partial charge in [-0.15, -0.1) is 0 Å². The van der Waals surface area contributed by atoms with Crippen molar-refractivity contribution in [2.75, 3.05) is 19.3 Å². The lowest BCUT2D eigenvalue weighted by atomic mass is 10.2. The van der Waals surface area contributed by atoms with E-state index in [4.69, 9.17) is 0 Å². The number of likely N-dealkylation sites (tertiary alicyclic amines) is 1. The molecule has 0 radical (unpaired) electrons. The van der Waals surface area contributed by atoms with Gasteiger partial charge >= 0.3 is 0 Å². The third-order valence-corrected chi connectivity index (χ3v) is 5.32. The summed E-state index contributed by atoms with van der Waals surface area (Å²) >= 11 is 1.55. The van der Waals surface area contributed by atoms with E-state index in [1.54, 1.807) is 18.0 Å². The predicted octanol–water partition coefficient (Wildman–Crippen LogP) is 1.59. The van der Waals surface area contributed by atoms with Gasteiger partial charge in [0, 0.05) is 38.6 Å². The molecule has 124 valence electrons. The van der Waals surface area contributed by atoms with Crippen LogP contribution in [0.2, 0.25) is 0 Å². The van der Waals surface area contributed by atoms with Crippen LogP contribution in [0.15, 0.2) is 12.4 Å². The molecule has 5 nitrogen and oxygen atoms in total. The van der Waals surface area contributed by atoms with Crippen LogP contribution in [0, 0.1) is 0 Å². The van der Waals surface area contributed by atoms with Crippen molar-refractivity contribution in [3.8, 4) is 0 Å². The second kappa shape index (κ2) is 7.97. The molecule has 0 saturated carbocycles. The first-order valence-electron chi connectivity index (χ1n) is 7.70. The summed E-state index contributed by atoms with van der Waals surface area (Å²) in [4.78, 5) is 18.4. The van der Waals surface area contributed by atoms with E-state index in [1.165, 1.54) is 0 Å². The first kappa shape index (κ1) is 17.3. The van der Waals surface area contributed by atoms with Gasteiger partial charge < -0.3 is 9.88 Å². The van der Waals surface area contributed by atoms with E-state index in [0.717, 1.165) is 12.2 Å². The molecular weight excluding hydrogens is 303 g/mol. The Morgan fingerprint density at radius 3 is 3.00 bits per heavy atom. The summed E-state index contributed by atoms with van der Waals surface area (Å²) < 4.78 is 15.7. The van der Waals surface area contributed by atoms with Crippen LogP contribution in [0.1, 0.15) is 25.6 Å². The average Bonchev–Trinajstić information content (AvgIpc) is 3.05. The number of hydrogen-bond acceptors (Lipinski definition) is 4. The molecule has 3 atom stereocenters. The molecule has 2 heterocycles. The number of nitrogens with one attached hydrogen (secondary N) is 1. The third-order valence-electron chi connectivity index (χ3n) is 4.20. The number of imidazole rings is 1. The van der Waals surface area contributed by atoms with Crippen LogP contribution in [0.3, 0.4) is 0 Å². The van der Waals surface area contributed by atoms with Crippen molar-refractivity contribution in [3.63, 3.8) is 0 Å². The summed E-state index contributed by atoms with van der Waals surface area (Å²) in [7, 11) is 1.94. The Labute approximate surface area is 135 Å². The minimum Gasteiger partial charge on any atom is -0.354 e. The largest absolute Gasteiger partial charge is 0.354 e. The highest BCUT2D eigenvalue weighted by Crippen LogP contribution is 2.22. The van der Waals surface area contributed by atoms with E-state index >= 15 is 0 Å². The summed E-state index contributed by atoms with van der Waals surface area (Å²) in [5.41, 5.74) is 0. The van der Waals surface area contributed by atoms with E-state index in [9.17, 15) is 9.18 Å². The maximum absolute atomic E-state index is 13.8. The van der Waals surface area contributed by atoms with Crippen molar-refractivity contribution < 1.29 is 9.18 Å². The van der Waals surface area contributed by atoms with Gasteiger partial charge in [-0.2, -0.15) is 11.8 Å². The first-order valence-corrected chi connectivity index (χ1v) is 8.98. The molecule has 22 heavy (non-hydrogen) atoms. The fourth-order valence-electron chi connectivity index (χ4n) is 2.85. The molecule has 1 fully saturated rings. The second-order valence-electron chi connectivity index (χ2n) is 5.75. The third kappa shape index (κ3) is 4.23. The second-order valence-corrected chi connectivity index (χ2v) is 6.79. The van der Waals surface area contributed by atoms with Crippen LogP contribution in [-0.4, -0.2) is 57.2 Å². The smallest absolute Gasteiger partial charge is 0.233 e. The number of carbonyl (C=O) groups excluding carboxylic acids is 1. The molecule has 1 aliphatic heterocycles. The summed E-state index contributed by atoms with van der Waals surface area (Å²) in [6, 6.07) is 0.0370. The van der Waals surface area contributed by atoms with Crippen LogP contribution in [0.25, 0.3) is 0 Å². The number of alkyl halides is 1. The van der Waals surface area contributed by atoms with Gasteiger partial charge in [-0.05, 0) is 19.1 Å². The zero-order valence-electron chi connectivity index (χ0n) is 13.5. The summed E-state index contributed by atoms with van der Waals surface area (Å²) in [5.74, 6) is 0.968. The van der Waals surface area contributed by atoms with Crippen LogP contribution in [0.5, 0.6) is 0 Å². The number of rotatable bonds is 7. The molecule has 1 N–H and O–H groups in total. The normalized spacial score (nSPS) is 23.6. The molecule has 0 spiro atoms. The van der Waals surface area contributed by atoms with Gasteiger partial charge in [0.25, 0.3) is 0 Å². The lowest BCUT2D eigenvalue weighted by Crippen LogP contribution is -2.42. The molecule has 7 heteroatoms. The minimum absolute atomic E-state index is 0.0226. The maximum Gasteiger partial charge on any atom is 0.233 e. The van der Waals surface area contributed by atoms with E-state index in [1.807, 2.05) is 31.0 Å². The van der Waals surface area contributed by atoms with Gasteiger partial charge in [0.2, 0.25) is 5.91 Å². The van der Waals surface area contributed by atoms with Gasteiger partial charge in [0.1, 0.15) is 12.0 Å². The van der Waals surface area contributed by atoms with E-state index in [2.05, 4.69) is 15.2 Å². The number of carbonyl (C=O) groups is 1. The molecule has 0 aliphatic carbocycles. The number of halogens is 1. The van der Waals surface area contributed by atoms with Crippen molar-refractivity contribution in [1.82, 2.24) is 19.8 Å². The molecule has 2 rings (SSSR count). The Hall–Kier alpha value is -1.08. The van der Waals surface area contributed by atoms with Crippen molar-refractivity contribution >= 4 is 17.7 Å². The van der Waals surface area contributed by atoms with Gasteiger partial charge in [-0.25, -0.2) is 9.37 Å². The lowest BCUT2D eigenvalue weighted by molar-refractivity contribution is -0.120. The van der Waals surface area contributed by atoms with Gasteiger partial charge in [-0.1, -0.05) is 6.92 Å². The van der Waals surface area contributed by atoms with E-state index in [-0.39, 0.29) is 17.2 Å². The highest BCUT2D eigenvalue weighted by atomic mass is 32.2. The molecule has 1 aromatic heterocycles. The summed E-state index contributed by atoms with van der Waals surface area (Å²) in [6.07, 6.45) is 6.03. The zero-order chi connectivity index (χ0) is 16.1. The topological polar surface area (TPSA) is 50.2 Å². The van der Waals surface area contributed by atoms with Crippen LogP contribution in [0.4, 0.5) is 4.39 Å². The fourth-order valence-corrected chi connectivity index (χ4v) is 3.48. The number of amides is 1. The van der Waals surface area contributed by atoms with Crippen LogP contribution in [-0.2, 0) is 18.4 Å². The quantitative estimate of drug-likeness (QED) is 0.826. The lowest BCUT2D eigenvalue weighted by Gasteiger charge is -2.24. The summed E-state index contributed by atoms with van der Waals surface area (Å²) in [5, 5.41) is 2.95. The molecule has 0 unspecified atom stereocenters. The molecule has 1 aromatic rings. The Kier molecular flexibility index (Phi) is 6.26. The molecule has 1 aliphatic rings. The zero-order valence-corrected chi connectivity index (χ0v) is 14.3. The van der Waals surface area contributed by atoms with Gasteiger partial charge in [0.05, 0.1) is 11.8 Å². The molecule has 1 saturated heterocycles. The maximum atomic E-state index is 13.8. The van der Waals surface area contributed by atoms with Crippen molar-refractivity contribution in [1.29, 1.82) is 0 Å². The highest BCUT2D eigenvalue weighted by molar-refractivity contribution is 7.99. The molecule has 1 amide bonds. The van der Waals surface area contributed by atoms with Crippen molar-refractivity contribution in [3.05, 3.63) is 18.2 Å². The SMILES string of the molecule is CC[C@@H](SC)C(=O)NC[C@@H]1C[C@H](F)CN1Cc1nccn1C. The molecule has 0 aromatic carbocycles. The monoisotopic (exact) mass is 328 g/mol. The first-order chi connectivity index (χ1) is 10.5. The fraction of sp³-hybridized carbons (Fsp3) is 0.733. The van der Waals surface area contributed by atoms with Crippen LogP contribution >= 0.6 is 11.8 Å². The predicted molar refractivity (Wildman–Crippen MR) is 87.5 cm³/mol. The number of aromatic nitrogens is 2. The molecular formula is C15H25FN4OS. The minimum atomic E-state index is -0.829. The number of thioether (sulfide) groups is 1. The Morgan fingerprint density at radius 1 is 1.64 bits per heavy atom. The van der Waals surface area contributed by atoms with Crippen molar-refractivity contribution in [2.45, 2.75) is 43.8 Å². The van der Waals surface area contributed by atoms with Gasteiger partial charge in [0.15, 0.2) is 0 Å². The van der Waals surface area contributed by atoms with Crippen LogP contribution < -0.4 is 5.32 Å². The number of nitrogens with zero attached hydrogens (tertiary/aromatic N) is 3. The van der Waals surface area contributed by atoms with E-state index < -0.39 is 6.17 Å². The average molecular weight is 328 g/mol. The van der Waals surface area contributed by atoms with Crippen molar-refractivity contribution in [2.24, 2.45) is 7.05 Å². The summed E-state index contributed by atoms with van der Waals surface area (Å²) in [6.45, 7) is 3.53.